The molecule has 0 radical (unpaired) electrons. The fraction of sp³-hybridized carbons (Fsp3) is 0.267. The van der Waals surface area contributed by atoms with Crippen molar-refractivity contribution in [2.24, 2.45) is 0 Å². The van der Waals surface area contributed by atoms with Crippen molar-refractivity contribution in [1.29, 1.82) is 0 Å². The van der Waals surface area contributed by atoms with Gasteiger partial charge in [0, 0.05) is 42.2 Å². The lowest BCUT2D eigenvalue weighted by Gasteiger charge is -2.28. The molecule has 0 saturated carbocycles. The number of aromatic amines is 1. The normalized spacial score (nSPS) is 13.6. The number of aromatic nitrogens is 4. The second-order valence-corrected chi connectivity index (χ2v) is 10.2. The molecule has 0 bridgehead atoms. The van der Waals surface area contributed by atoms with E-state index in [9.17, 15) is 13.2 Å². The third kappa shape index (κ3) is 4.68. The quantitative estimate of drug-likeness (QED) is 0.230. The van der Waals surface area contributed by atoms with Crippen LogP contribution in [0.3, 0.4) is 0 Å². The number of hydrogen-bond donors (Lipinski definition) is 1. The van der Waals surface area contributed by atoms with Crippen molar-refractivity contribution >= 4 is 28.3 Å². The van der Waals surface area contributed by atoms with Crippen LogP contribution in [0.4, 0.5) is 19.0 Å². The van der Waals surface area contributed by atoms with Gasteiger partial charge in [0.15, 0.2) is 0 Å². The first-order valence-corrected chi connectivity index (χ1v) is 13.6. The number of nitrogens with zero attached hydrogens (tertiary/aromatic N) is 4. The highest BCUT2D eigenvalue weighted by Gasteiger charge is 2.32. The first-order chi connectivity index (χ1) is 19.3. The van der Waals surface area contributed by atoms with E-state index in [2.05, 4.69) is 56.3 Å². The fourth-order valence-electron chi connectivity index (χ4n) is 5.58. The maximum absolute atomic E-state index is 12.7. The Balaban J connectivity index is 1.51. The molecule has 6 nitrogen and oxygen atoms in total. The minimum absolute atomic E-state index is 0.346. The minimum Gasteiger partial charge on any atom is -0.404 e. The van der Waals surface area contributed by atoms with Gasteiger partial charge in [-0.05, 0) is 48.2 Å². The number of anilines is 1. The van der Waals surface area contributed by atoms with Crippen LogP contribution >= 0.6 is 11.6 Å². The van der Waals surface area contributed by atoms with E-state index >= 15 is 0 Å². The molecule has 0 amide bonds. The third-order valence-electron chi connectivity index (χ3n) is 7.42. The number of alkyl halides is 3. The summed E-state index contributed by atoms with van der Waals surface area (Å²) in [5, 5.41) is 6.82. The molecular formula is C30H27ClF3N5O. The summed E-state index contributed by atoms with van der Waals surface area (Å²) in [7, 11) is 0. The van der Waals surface area contributed by atoms with Crippen LogP contribution in [-0.2, 0) is 25.8 Å². The van der Waals surface area contributed by atoms with Crippen LogP contribution in [0.15, 0.2) is 60.9 Å². The Morgan fingerprint density at radius 3 is 2.48 bits per heavy atom. The Kier molecular flexibility index (Phi) is 6.70. The summed E-state index contributed by atoms with van der Waals surface area (Å²) in [4.78, 5) is 9.60. The van der Waals surface area contributed by atoms with Crippen LogP contribution in [0.5, 0.6) is 5.75 Å². The smallest absolute Gasteiger partial charge is 0.404 e. The summed E-state index contributed by atoms with van der Waals surface area (Å²) in [6.45, 7) is 5.43. The number of rotatable bonds is 6. The van der Waals surface area contributed by atoms with Gasteiger partial charge < -0.3 is 14.6 Å². The molecule has 0 aliphatic carbocycles. The number of nitrogens with one attached hydrogen (secondary N) is 1. The number of para-hydroxylation sites is 1. The molecule has 1 N–H and O–H groups in total. The molecule has 0 spiro atoms. The predicted octanol–water partition coefficient (Wildman–Crippen LogP) is 7.66. The van der Waals surface area contributed by atoms with Gasteiger partial charge in [-0.15, -0.1) is 13.2 Å². The molecule has 5 aromatic rings. The van der Waals surface area contributed by atoms with Crippen molar-refractivity contribution in [2.45, 2.75) is 46.0 Å². The Labute approximate surface area is 234 Å². The Bertz CT molecular complexity index is 1670. The van der Waals surface area contributed by atoms with Gasteiger partial charge in [-0.3, -0.25) is 0 Å². The highest BCUT2D eigenvalue weighted by Crippen LogP contribution is 2.40. The number of hydrogen-bond acceptors (Lipinski definition) is 4. The molecule has 3 aromatic heterocycles. The molecule has 0 saturated heterocycles. The van der Waals surface area contributed by atoms with Crippen LogP contribution in [0.2, 0.25) is 5.02 Å². The van der Waals surface area contributed by atoms with Crippen molar-refractivity contribution in [3.8, 4) is 22.7 Å². The average molecular weight is 566 g/mol. The summed E-state index contributed by atoms with van der Waals surface area (Å²) in [6.07, 6.45) is 0.603. The SMILES string of the molecule is CCc1cccc(CC)c1-n1nc2c(c1-c1ccc(Cl)c3[nH]ccc13)CN(c1ccc(OC(F)(F)F)cn1)CC2. The number of benzene rings is 2. The Hall–Kier alpha value is -3.98. The van der Waals surface area contributed by atoms with Gasteiger partial charge in [-0.1, -0.05) is 49.7 Å². The van der Waals surface area contributed by atoms with Crippen LogP contribution in [0, 0.1) is 0 Å². The zero-order valence-electron chi connectivity index (χ0n) is 22.0. The van der Waals surface area contributed by atoms with Crippen LogP contribution in [-0.4, -0.2) is 32.7 Å². The lowest BCUT2D eigenvalue weighted by molar-refractivity contribution is -0.274. The van der Waals surface area contributed by atoms with E-state index in [4.69, 9.17) is 16.7 Å². The van der Waals surface area contributed by atoms with E-state index in [-0.39, 0.29) is 5.75 Å². The summed E-state index contributed by atoms with van der Waals surface area (Å²) in [6, 6.07) is 15.2. The molecular weight excluding hydrogens is 539 g/mol. The highest BCUT2D eigenvalue weighted by molar-refractivity contribution is 6.35. The van der Waals surface area contributed by atoms with E-state index in [1.807, 2.05) is 24.4 Å². The Morgan fingerprint density at radius 1 is 1.02 bits per heavy atom. The zero-order valence-corrected chi connectivity index (χ0v) is 22.8. The second-order valence-electron chi connectivity index (χ2n) is 9.75. The number of H-pyrrole nitrogens is 1. The maximum Gasteiger partial charge on any atom is 0.573 e. The number of aryl methyl sites for hydroxylation is 2. The van der Waals surface area contributed by atoms with Crippen LogP contribution in [0.1, 0.15) is 36.2 Å². The fourth-order valence-corrected chi connectivity index (χ4v) is 5.80. The summed E-state index contributed by atoms with van der Waals surface area (Å²) in [5.41, 5.74) is 8.40. The lowest BCUT2D eigenvalue weighted by Crippen LogP contribution is -2.31. The van der Waals surface area contributed by atoms with E-state index in [0.29, 0.717) is 30.4 Å². The first-order valence-electron chi connectivity index (χ1n) is 13.2. The molecule has 6 rings (SSSR count). The van der Waals surface area contributed by atoms with Gasteiger partial charge in [0.1, 0.15) is 11.6 Å². The maximum atomic E-state index is 12.7. The zero-order chi connectivity index (χ0) is 28.0. The van der Waals surface area contributed by atoms with Crippen molar-refractivity contribution < 1.29 is 17.9 Å². The largest absolute Gasteiger partial charge is 0.573 e. The summed E-state index contributed by atoms with van der Waals surface area (Å²) >= 11 is 6.53. The van der Waals surface area contributed by atoms with E-state index < -0.39 is 6.36 Å². The van der Waals surface area contributed by atoms with Gasteiger partial charge in [-0.25, -0.2) is 9.67 Å². The molecule has 2 aromatic carbocycles. The van der Waals surface area contributed by atoms with Gasteiger partial charge >= 0.3 is 6.36 Å². The number of ether oxygens (including phenoxy) is 1. The van der Waals surface area contributed by atoms with Gasteiger partial charge in [0.2, 0.25) is 0 Å². The van der Waals surface area contributed by atoms with E-state index in [1.54, 1.807) is 6.07 Å². The molecule has 4 heterocycles. The Morgan fingerprint density at radius 2 is 1.80 bits per heavy atom. The van der Waals surface area contributed by atoms with E-state index in [0.717, 1.165) is 58.1 Å². The highest BCUT2D eigenvalue weighted by atomic mass is 35.5. The average Bonchev–Trinajstić information content (AvgIpc) is 3.58. The number of pyridine rings is 1. The van der Waals surface area contributed by atoms with Crippen molar-refractivity contribution in [1.82, 2.24) is 19.7 Å². The molecule has 0 fully saturated rings. The van der Waals surface area contributed by atoms with Crippen LogP contribution < -0.4 is 9.64 Å². The molecule has 10 heteroatoms. The van der Waals surface area contributed by atoms with Crippen molar-refractivity contribution in [2.75, 3.05) is 11.4 Å². The molecule has 1 aliphatic rings. The minimum atomic E-state index is -4.76. The number of fused-ring (bicyclic) bond motifs is 2. The number of halogens is 4. The molecule has 0 unspecified atom stereocenters. The predicted molar refractivity (Wildman–Crippen MR) is 150 cm³/mol. The second kappa shape index (κ2) is 10.2. The first kappa shape index (κ1) is 26.3. The van der Waals surface area contributed by atoms with Crippen molar-refractivity contribution in [3.63, 3.8) is 0 Å². The molecule has 206 valence electrons. The summed E-state index contributed by atoms with van der Waals surface area (Å²) in [5.74, 6) is 0.228. The lowest BCUT2D eigenvalue weighted by atomic mass is 9.97. The third-order valence-corrected chi connectivity index (χ3v) is 7.73. The standard InChI is InChI=1S/C30H27ClF3N5O/c1-3-18-6-5-7-19(4-2)28(18)39-29(22-9-10-24(31)27-21(22)12-14-35-27)23-17-38(15-13-25(23)37-39)26-11-8-20(16-36-26)40-30(32,33)34/h5-12,14,16,35H,3-4,13,15,17H2,1-2H3. The summed E-state index contributed by atoms with van der Waals surface area (Å²) < 4.78 is 44.1. The molecule has 40 heavy (non-hydrogen) atoms. The van der Waals surface area contributed by atoms with Gasteiger partial charge in [0.05, 0.1) is 33.8 Å². The molecule has 1 aliphatic heterocycles. The van der Waals surface area contributed by atoms with Crippen LogP contribution in [0.25, 0.3) is 27.8 Å². The van der Waals surface area contributed by atoms with Crippen molar-refractivity contribution in [3.05, 3.63) is 88.3 Å². The monoisotopic (exact) mass is 565 g/mol. The topological polar surface area (TPSA) is 59.0 Å². The van der Waals surface area contributed by atoms with E-state index in [1.165, 1.54) is 17.2 Å². The molecule has 0 atom stereocenters. The van der Waals surface area contributed by atoms with Gasteiger partial charge in [-0.2, -0.15) is 5.10 Å². The van der Waals surface area contributed by atoms with Gasteiger partial charge in [0.25, 0.3) is 0 Å².